The van der Waals surface area contributed by atoms with Crippen molar-refractivity contribution in [3.63, 3.8) is 0 Å². The Kier molecular flexibility index (Phi) is 2.17. The van der Waals surface area contributed by atoms with Gasteiger partial charge in [0.25, 0.3) is 0 Å². The minimum atomic E-state index is -0.500. The van der Waals surface area contributed by atoms with E-state index in [-0.39, 0.29) is 19.1 Å². The van der Waals surface area contributed by atoms with Gasteiger partial charge in [-0.05, 0) is 0 Å². The van der Waals surface area contributed by atoms with Crippen LogP contribution in [0.4, 0.5) is 10.1 Å². The lowest BCUT2D eigenvalue weighted by atomic mass is 10.1. The number of nitrogen functional groups attached to an aromatic ring is 1. The highest BCUT2D eigenvalue weighted by Gasteiger charge is 2.22. The number of nitrogens with two attached hydrogens (primary N) is 1. The molecular formula is C9H10FNO3. The minimum absolute atomic E-state index is 0.0368. The van der Waals surface area contributed by atoms with E-state index < -0.39 is 5.82 Å². The van der Waals surface area contributed by atoms with Gasteiger partial charge in [0.1, 0.15) is 0 Å². The van der Waals surface area contributed by atoms with Gasteiger partial charge in [-0.15, -0.1) is 0 Å². The van der Waals surface area contributed by atoms with Crippen LogP contribution in [0, 0.1) is 5.82 Å². The first-order valence-corrected chi connectivity index (χ1v) is 4.09. The van der Waals surface area contributed by atoms with Gasteiger partial charge >= 0.3 is 0 Å². The molecule has 0 saturated heterocycles. The Morgan fingerprint density at radius 3 is 3.07 bits per heavy atom. The molecule has 0 fully saturated rings. The summed E-state index contributed by atoms with van der Waals surface area (Å²) < 4.78 is 28.6. The maximum Gasteiger partial charge on any atom is 0.189 e. The first kappa shape index (κ1) is 9.08. The predicted octanol–water partition coefficient (Wildman–Crippen LogP) is 1.28. The molecule has 0 amide bonds. The fourth-order valence-corrected chi connectivity index (χ4v) is 1.38. The molecule has 2 rings (SSSR count). The molecule has 5 heteroatoms. The lowest BCUT2D eigenvalue weighted by Crippen LogP contribution is -2.14. The number of halogens is 1. The van der Waals surface area contributed by atoms with Crippen LogP contribution >= 0.6 is 0 Å². The lowest BCUT2D eigenvalue weighted by molar-refractivity contribution is -0.0198. The third kappa shape index (κ3) is 1.26. The van der Waals surface area contributed by atoms with E-state index >= 15 is 0 Å². The Bertz CT molecular complexity index is 368. The topological polar surface area (TPSA) is 53.7 Å². The smallest absolute Gasteiger partial charge is 0.189 e. The first-order valence-electron chi connectivity index (χ1n) is 4.09. The van der Waals surface area contributed by atoms with Gasteiger partial charge in [-0.3, -0.25) is 0 Å². The van der Waals surface area contributed by atoms with Gasteiger partial charge in [0.05, 0.1) is 25.0 Å². The van der Waals surface area contributed by atoms with Crippen molar-refractivity contribution >= 4 is 5.69 Å². The fraction of sp³-hybridized carbons (Fsp3) is 0.333. The van der Waals surface area contributed by atoms with Gasteiger partial charge in [-0.1, -0.05) is 0 Å². The summed E-state index contributed by atoms with van der Waals surface area (Å²) in [6, 6.07) is 1.40. The molecule has 0 radical (unpaired) electrons. The van der Waals surface area contributed by atoms with Crippen LogP contribution in [0.15, 0.2) is 6.07 Å². The zero-order chi connectivity index (χ0) is 10.1. The molecule has 0 bridgehead atoms. The second-order valence-electron chi connectivity index (χ2n) is 2.90. The summed E-state index contributed by atoms with van der Waals surface area (Å²) in [5.74, 6) is 0.313. The number of anilines is 1. The fourth-order valence-electron chi connectivity index (χ4n) is 1.38. The van der Waals surface area contributed by atoms with Crippen LogP contribution in [0.25, 0.3) is 0 Å². The second-order valence-corrected chi connectivity index (χ2v) is 2.90. The molecule has 0 aromatic heterocycles. The molecule has 0 spiro atoms. The average Bonchev–Trinajstić information content (AvgIpc) is 2.23. The van der Waals surface area contributed by atoms with Crippen molar-refractivity contribution in [1.29, 1.82) is 0 Å². The van der Waals surface area contributed by atoms with E-state index in [2.05, 4.69) is 0 Å². The van der Waals surface area contributed by atoms with Crippen LogP contribution in [-0.2, 0) is 11.3 Å². The zero-order valence-electron chi connectivity index (χ0n) is 7.67. The molecule has 1 aromatic rings. The molecule has 1 aliphatic heterocycles. The molecule has 14 heavy (non-hydrogen) atoms. The van der Waals surface area contributed by atoms with E-state index in [4.69, 9.17) is 19.9 Å². The summed E-state index contributed by atoms with van der Waals surface area (Å²) in [6.07, 6.45) is 0. The number of hydrogen-bond donors (Lipinski definition) is 1. The summed E-state index contributed by atoms with van der Waals surface area (Å²) in [5, 5.41) is 0. The van der Waals surface area contributed by atoms with Crippen molar-refractivity contribution in [2.24, 2.45) is 0 Å². The molecular weight excluding hydrogens is 189 g/mol. The summed E-state index contributed by atoms with van der Waals surface area (Å²) >= 11 is 0. The Morgan fingerprint density at radius 1 is 1.57 bits per heavy atom. The number of rotatable bonds is 1. The highest BCUT2D eigenvalue weighted by Crippen LogP contribution is 2.38. The zero-order valence-corrected chi connectivity index (χ0v) is 7.67. The van der Waals surface area contributed by atoms with Gasteiger partial charge < -0.3 is 19.9 Å². The van der Waals surface area contributed by atoms with E-state index in [1.54, 1.807) is 0 Å². The van der Waals surface area contributed by atoms with Crippen molar-refractivity contribution < 1.29 is 18.6 Å². The van der Waals surface area contributed by atoms with Crippen LogP contribution in [0.3, 0.4) is 0 Å². The third-order valence-electron chi connectivity index (χ3n) is 2.06. The molecule has 1 heterocycles. The molecule has 0 unspecified atom stereocenters. The second kappa shape index (κ2) is 3.34. The molecule has 0 atom stereocenters. The number of hydrogen-bond acceptors (Lipinski definition) is 4. The average molecular weight is 199 g/mol. The summed E-state index contributed by atoms with van der Waals surface area (Å²) in [6.45, 7) is 0.259. The summed E-state index contributed by atoms with van der Waals surface area (Å²) in [5.41, 5.74) is 5.80. The lowest BCUT2D eigenvalue weighted by Gasteiger charge is -2.21. The van der Waals surface area contributed by atoms with E-state index in [0.717, 1.165) is 0 Å². The van der Waals surface area contributed by atoms with E-state index in [1.165, 1.54) is 13.2 Å². The van der Waals surface area contributed by atoms with Crippen molar-refractivity contribution in [3.05, 3.63) is 17.4 Å². The maximum atomic E-state index is 13.5. The Morgan fingerprint density at radius 2 is 2.36 bits per heavy atom. The first-order chi connectivity index (χ1) is 6.74. The van der Waals surface area contributed by atoms with E-state index in [1.807, 2.05) is 0 Å². The third-order valence-corrected chi connectivity index (χ3v) is 2.06. The SMILES string of the molecule is COc1cc(N)c(F)c2c1OCOC2. The number of fused-ring (bicyclic) bond motifs is 1. The Balaban J connectivity index is 2.60. The van der Waals surface area contributed by atoms with Gasteiger partial charge in [-0.2, -0.15) is 0 Å². The van der Waals surface area contributed by atoms with Crippen LogP contribution in [0.1, 0.15) is 5.56 Å². The maximum absolute atomic E-state index is 13.5. The summed E-state index contributed by atoms with van der Waals surface area (Å²) in [7, 11) is 1.48. The van der Waals surface area contributed by atoms with Crippen LogP contribution in [0.5, 0.6) is 11.5 Å². The van der Waals surface area contributed by atoms with Gasteiger partial charge in [-0.25, -0.2) is 4.39 Å². The molecule has 1 aromatic carbocycles. The van der Waals surface area contributed by atoms with Crippen LogP contribution in [0.2, 0.25) is 0 Å². The van der Waals surface area contributed by atoms with Gasteiger partial charge in [0.2, 0.25) is 0 Å². The van der Waals surface area contributed by atoms with E-state index in [9.17, 15) is 4.39 Å². The van der Waals surface area contributed by atoms with Crippen molar-refractivity contribution in [1.82, 2.24) is 0 Å². The molecule has 0 aliphatic carbocycles. The quantitative estimate of drug-likeness (QED) is 0.692. The number of benzene rings is 1. The molecule has 0 saturated carbocycles. The normalized spacial score (nSPS) is 14.4. The largest absolute Gasteiger partial charge is 0.493 e. The molecule has 76 valence electrons. The van der Waals surface area contributed by atoms with Crippen LogP contribution < -0.4 is 15.2 Å². The van der Waals surface area contributed by atoms with Crippen molar-refractivity contribution in [2.45, 2.75) is 6.61 Å². The Labute approximate surface area is 80.4 Å². The predicted molar refractivity (Wildman–Crippen MR) is 47.6 cm³/mol. The highest BCUT2D eigenvalue weighted by atomic mass is 19.1. The number of ether oxygens (including phenoxy) is 3. The summed E-state index contributed by atoms with van der Waals surface area (Å²) in [4.78, 5) is 0. The number of methoxy groups -OCH3 is 1. The van der Waals surface area contributed by atoms with Crippen LogP contribution in [-0.4, -0.2) is 13.9 Å². The standard InChI is InChI=1S/C9H10FNO3/c1-12-7-2-6(11)8(10)5-3-13-4-14-9(5)7/h2H,3-4,11H2,1H3. The minimum Gasteiger partial charge on any atom is -0.493 e. The van der Waals surface area contributed by atoms with Gasteiger partial charge in [0.15, 0.2) is 24.1 Å². The molecule has 4 nitrogen and oxygen atoms in total. The monoisotopic (exact) mass is 199 g/mol. The molecule has 2 N–H and O–H groups in total. The van der Waals surface area contributed by atoms with Crippen molar-refractivity contribution in [3.8, 4) is 11.5 Å². The Hall–Kier alpha value is -1.49. The van der Waals surface area contributed by atoms with E-state index in [0.29, 0.717) is 17.1 Å². The van der Waals surface area contributed by atoms with Crippen molar-refractivity contribution in [2.75, 3.05) is 19.6 Å². The van der Waals surface area contributed by atoms with Gasteiger partial charge in [0, 0.05) is 6.07 Å². The highest BCUT2D eigenvalue weighted by molar-refractivity contribution is 5.58. The molecule has 1 aliphatic rings.